The van der Waals surface area contributed by atoms with Gasteiger partial charge in [0, 0.05) is 5.25 Å². The van der Waals surface area contributed by atoms with Gasteiger partial charge in [-0.05, 0) is 18.6 Å². The van der Waals surface area contributed by atoms with Gasteiger partial charge >= 0.3 is 0 Å². The van der Waals surface area contributed by atoms with Crippen LogP contribution in [-0.4, -0.2) is 22.2 Å². The fourth-order valence-corrected chi connectivity index (χ4v) is 2.64. The van der Waals surface area contributed by atoms with Crippen LogP contribution >= 0.6 is 11.8 Å². The Kier molecular flexibility index (Phi) is 2.86. The fourth-order valence-electron chi connectivity index (χ4n) is 1.20. The molecule has 0 aromatic heterocycles. The van der Waals surface area contributed by atoms with Crippen molar-refractivity contribution in [2.45, 2.75) is 37.5 Å². The molecule has 0 saturated carbocycles. The van der Waals surface area contributed by atoms with Crippen molar-refractivity contribution >= 4 is 11.8 Å². The van der Waals surface area contributed by atoms with Crippen LogP contribution in [0.25, 0.3) is 0 Å². The summed E-state index contributed by atoms with van der Waals surface area (Å²) in [6, 6.07) is 0. The van der Waals surface area contributed by atoms with E-state index in [1.54, 1.807) is 0 Å². The summed E-state index contributed by atoms with van der Waals surface area (Å²) in [5.41, 5.74) is 0. The second-order valence-corrected chi connectivity index (χ2v) is 3.90. The smallest absolute Gasteiger partial charge is 0.0666 e. The van der Waals surface area contributed by atoms with Crippen molar-refractivity contribution < 1.29 is 5.11 Å². The van der Waals surface area contributed by atoms with Gasteiger partial charge in [-0.15, -0.1) is 0 Å². The molecule has 0 bridgehead atoms. The second-order valence-electron chi connectivity index (χ2n) is 2.55. The third-order valence-electron chi connectivity index (χ3n) is 1.75. The van der Waals surface area contributed by atoms with Gasteiger partial charge < -0.3 is 5.11 Å². The number of thioether (sulfide) groups is 1. The third kappa shape index (κ3) is 1.87. The molecule has 1 N–H and O–H groups in total. The zero-order valence-corrected chi connectivity index (χ0v) is 6.66. The van der Waals surface area contributed by atoms with Crippen molar-refractivity contribution in [3.8, 4) is 0 Å². The quantitative estimate of drug-likeness (QED) is 0.639. The molecule has 0 aromatic rings. The summed E-state index contributed by atoms with van der Waals surface area (Å²) >= 11 is 1.93. The lowest BCUT2D eigenvalue weighted by Crippen LogP contribution is -2.16. The van der Waals surface area contributed by atoms with Crippen LogP contribution in [0, 0.1) is 0 Å². The minimum absolute atomic E-state index is 0.00468. The van der Waals surface area contributed by atoms with Crippen molar-refractivity contribution in [3.63, 3.8) is 0 Å². The van der Waals surface area contributed by atoms with Crippen LogP contribution in [0.4, 0.5) is 0 Å². The molecule has 2 atom stereocenters. The molecule has 0 amide bonds. The van der Waals surface area contributed by atoms with E-state index < -0.39 is 0 Å². The highest BCUT2D eigenvalue weighted by molar-refractivity contribution is 8.00. The average molecular weight is 146 g/mol. The maximum absolute atomic E-state index is 9.30. The highest BCUT2D eigenvalue weighted by Gasteiger charge is 2.24. The van der Waals surface area contributed by atoms with Crippen molar-refractivity contribution in [1.29, 1.82) is 0 Å². The maximum atomic E-state index is 9.30. The van der Waals surface area contributed by atoms with Gasteiger partial charge in [-0.1, -0.05) is 13.3 Å². The Morgan fingerprint density at radius 2 is 2.44 bits per heavy atom. The van der Waals surface area contributed by atoms with E-state index in [-0.39, 0.29) is 6.10 Å². The number of aliphatic hydroxyl groups is 1. The zero-order valence-electron chi connectivity index (χ0n) is 5.84. The van der Waals surface area contributed by atoms with Crippen LogP contribution < -0.4 is 0 Å². The predicted molar refractivity (Wildman–Crippen MR) is 41.8 cm³/mol. The molecule has 0 aliphatic carbocycles. The van der Waals surface area contributed by atoms with E-state index in [0.29, 0.717) is 5.25 Å². The van der Waals surface area contributed by atoms with E-state index in [2.05, 4.69) is 6.92 Å². The Balaban J connectivity index is 2.22. The largest absolute Gasteiger partial charge is 0.392 e. The number of hydrogen-bond acceptors (Lipinski definition) is 2. The molecule has 1 fully saturated rings. The SMILES string of the molecule is CCC[C@H]1SCC[C@@H]1O. The Bertz CT molecular complexity index is 85.0. The first-order valence-corrected chi connectivity index (χ1v) is 4.69. The maximum Gasteiger partial charge on any atom is 0.0666 e. The number of hydrogen-bond donors (Lipinski definition) is 1. The van der Waals surface area contributed by atoms with Gasteiger partial charge in [0.15, 0.2) is 0 Å². The molecule has 1 aliphatic rings. The van der Waals surface area contributed by atoms with E-state index >= 15 is 0 Å². The first-order valence-electron chi connectivity index (χ1n) is 3.64. The molecule has 1 nitrogen and oxygen atoms in total. The molecule has 1 heterocycles. The van der Waals surface area contributed by atoms with Gasteiger partial charge in [0.25, 0.3) is 0 Å². The number of rotatable bonds is 2. The van der Waals surface area contributed by atoms with Crippen molar-refractivity contribution in [3.05, 3.63) is 0 Å². The van der Waals surface area contributed by atoms with E-state index in [1.165, 1.54) is 12.8 Å². The van der Waals surface area contributed by atoms with Gasteiger partial charge in [0.1, 0.15) is 0 Å². The molecular weight excluding hydrogens is 132 g/mol. The summed E-state index contributed by atoms with van der Waals surface area (Å²) < 4.78 is 0. The molecule has 0 unspecified atom stereocenters. The Hall–Kier alpha value is 0.310. The van der Waals surface area contributed by atoms with Crippen molar-refractivity contribution in [1.82, 2.24) is 0 Å². The van der Waals surface area contributed by atoms with Gasteiger partial charge in [-0.3, -0.25) is 0 Å². The van der Waals surface area contributed by atoms with Crippen LogP contribution in [0.5, 0.6) is 0 Å². The third-order valence-corrected chi connectivity index (χ3v) is 3.20. The van der Waals surface area contributed by atoms with Gasteiger partial charge in [-0.25, -0.2) is 0 Å². The minimum atomic E-state index is -0.00468. The highest BCUT2D eigenvalue weighted by atomic mass is 32.2. The minimum Gasteiger partial charge on any atom is -0.392 e. The standard InChI is InChI=1S/C7H14OS/c1-2-3-7-6(8)4-5-9-7/h6-8H,2-5H2,1H3/t6-,7+/m0/s1. The molecule has 0 aromatic carbocycles. The molecule has 1 rings (SSSR count). The molecular formula is C7H14OS. The van der Waals surface area contributed by atoms with Crippen molar-refractivity contribution in [2.24, 2.45) is 0 Å². The Morgan fingerprint density at radius 3 is 2.89 bits per heavy atom. The van der Waals surface area contributed by atoms with E-state index in [4.69, 9.17) is 0 Å². The van der Waals surface area contributed by atoms with Gasteiger partial charge in [0.05, 0.1) is 6.10 Å². The summed E-state index contributed by atoms with van der Waals surface area (Å²) in [7, 11) is 0. The molecule has 1 aliphatic heterocycles. The van der Waals surface area contributed by atoms with E-state index in [9.17, 15) is 5.11 Å². The number of aliphatic hydroxyl groups excluding tert-OH is 1. The van der Waals surface area contributed by atoms with Crippen LogP contribution in [0.2, 0.25) is 0 Å². The van der Waals surface area contributed by atoms with Crippen molar-refractivity contribution in [2.75, 3.05) is 5.75 Å². The van der Waals surface area contributed by atoms with E-state index in [0.717, 1.165) is 12.2 Å². The Labute approximate surface area is 60.8 Å². The average Bonchev–Trinajstić information content (AvgIpc) is 2.18. The fraction of sp³-hybridized carbons (Fsp3) is 1.00. The summed E-state index contributed by atoms with van der Waals surface area (Å²) in [6.07, 6.45) is 3.39. The monoisotopic (exact) mass is 146 g/mol. The van der Waals surface area contributed by atoms with Crippen LogP contribution in [-0.2, 0) is 0 Å². The summed E-state index contributed by atoms with van der Waals surface area (Å²) in [6.45, 7) is 2.17. The molecule has 54 valence electrons. The first kappa shape index (κ1) is 7.42. The lowest BCUT2D eigenvalue weighted by Gasteiger charge is -2.10. The lowest BCUT2D eigenvalue weighted by molar-refractivity contribution is 0.172. The molecule has 9 heavy (non-hydrogen) atoms. The molecule has 0 spiro atoms. The summed E-state index contributed by atoms with van der Waals surface area (Å²) in [4.78, 5) is 0. The molecule has 1 saturated heterocycles. The van der Waals surface area contributed by atoms with E-state index in [1.807, 2.05) is 11.8 Å². The van der Waals surface area contributed by atoms with Crippen LogP contribution in [0.15, 0.2) is 0 Å². The highest BCUT2D eigenvalue weighted by Crippen LogP contribution is 2.29. The molecule has 2 heteroatoms. The Morgan fingerprint density at radius 1 is 1.67 bits per heavy atom. The lowest BCUT2D eigenvalue weighted by atomic mass is 10.1. The topological polar surface area (TPSA) is 20.2 Å². The van der Waals surface area contributed by atoms with Crippen LogP contribution in [0.3, 0.4) is 0 Å². The van der Waals surface area contributed by atoms with Gasteiger partial charge in [-0.2, -0.15) is 11.8 Å². The zero-order chi connectivity index (χ0) is 6.69. The van der Waals surface area contributed by atoms with Crippen LogP contribution in [0.1, 0.15) is 26.2 Å². The first-order chi connectivity index (χ1) is 4.34. The summed E-state index contributed by atoms with van der Waals surface area (Å²) in [5, 5.41) is 9.85. The second kappa shape index (κ2) is 3.47. The predicted octanol–water partition coefficient (Wildman–Crippen LogP) is 1.65. The summed E-state index contributed by atoms with van der Waals surface area (Å²) in [5.74, 6) is 1.16. The molecule has 0 radical (unpaired) electrons. The van der Waals surface area contributed by atoms with Gasteiger partial charge in [0.2, 0.25) is 0 Å². The normalized spacial score (nSPS) is 35.3.